The largest absolute Gasteiger partial charge is 0.309 e. The number of nitrogens with zero attached hydrogens (tertiary/aromatic N) is 4. The van der Waals surface area contributed by atoms with Gasteiger partial charge < -0.3 is 4.57 Å². The molecule has 0 fully saturated rings. The van der Waals surface area contributed by atoms with Gasteiger partial charge in [0.1, 0.15) is 11.3 Å². The van der Waals surface area contributed by atoms with Crippen molar-refractivity contribution < 1.29 is 0 Å². The molecule has 2 heterocycles. The van der Waals surface area contributed by atoms with Crippen molar-refractivity contribution in [2.24, 2.45) is 13.0 Å². The fourth-order valence-corrected chi connectivity index (χ4v) is 3.48. The molecule has 0 aliphatic heterocycles. The minimum Gasteiger partial charge on any atom is -0.309 e. The van der Waals surface area contributed by atoms with Crippen molar-refractivity contribution >= 4 is 22.8 Å². The lowest BCUT2D eigenvalue weighted by Crippen LogP contribution is -2.19. The Morgan fingerprint density at radius 1 is 1.14 bits per heavy atom. The molecule has 0 aromatic carbocycles. The van der Waals surface area contributed by atoms with Crippen LogP contribution in [-0.4, -0.2) is 19.3 Å². The van der Waals surface area contributed by atoms with Crippen LogP contribution in [0.1, 0.15) is 70.4 Å². The molecule has 2 unspecified atom stereocenters. The van der Waals surface area contributed by atoms with E-state index in [1.807, 2.05) is 18.7 Å². The maximum atomic E-state index is 6.41. The fourth-order valence-electron chi connectivity index (χ4n) is 3.32. The normalized spacial score (nSPS) is 15.0. The second-order valence-corrected chi connectivity index (χ2v) is 6.52. The number of alkyl halides is 1. The zero-order valence-corrected chi connectivity index (χ0v) is 14.8. The first-order valence-corrected chi connectivity index (χ1v) is 8.47. The molecule has 0 bridgehead atoms. The predicted octanol–water partition coefficient (Wildman–Crippen LogP) is 4.63. The van der Waals surface area contributed by atoms with Crippen molar-refractivity contribution in [1.29, 1.82) is 0 Å². The van der Waals surface area contributed by atoms with Gasteiger partial charge in [0.25, 0.3) is 0 Å². The Labute approximate surface area is 132 Å². The zero-order valence-electron chi connectivity index (χ0n) is 14.0. The van der Waals surface area contributed by atoms with E-state index in [9.17, 15) is 0 Å². The van der Waals surface area contributed by atoms with Crippen LogP contribution in [0.3, 0.4) is 0 Å². The van der Waals surface area contributed by atoms with Gasteiger partial charge in [-0.3, -0.25) is 4.68 Å². The summed E-state index contributed by atoms with van der Waals surface area (Å²) in [7, 11) is 2.00. The Bertz CT molecular complexity index is 607. The van der Waals surface area contributed by atoms with Crippen LogP contribution in [-0.2, 0) is 13.5 Å². The number of imidazole rings is 1. The Morgan fingerprint density at radius 2 is 1.76 bits per heavy atom. The minimum atomic E-state index is -0.0982. The highest BCUT2D eigenvalue weighted by Gasteiger charge is 2.26. The Morgan fingerprint density at radius 3 is 2.24 bits per heavy atom. The number of hydrogen-bond donors (Lipinski definition) is 0. The Kier molecular flexibility index (Phi) is 4.97. The molecule has 0 N–H and O–H groups in total. The lowest BCUT2D eigenvalue weighted by molar-refractivity contribution is 0.329. The van der Waals surface area contributed by atoms with Crippen LogP contribution in [0, 0.1) is 5.92 Å². The highest BCUT2D eigenvalue weighted by Crippen LogP contribution is 2.34. The molecule has 2 aromatic rings. The van der Waals surface area contributed by atoms with E-state index in [-0.39, 0.29) is 5.38 Å². The van der Waals surface area contributed by atoms with Gasteiger partial charge in [-0.2, -0.15) is 5.10 Å². The third kappa shape index (κ3) is 2.70. The van der Waals surface area contributed by atoms with Crippen molar-refractivity contribution in [2.45, 2.75) is 65.3 Å². The summed E-state index contributed by atoms with van der Waals surface area (Å²) < 4.78 is 4.28. The SMILES string of the molecule is CCc1nn(C)c2c1nc(C(C)Cl)n2C(C)C(CC)CC. The van der Waals surface area contributed by atoms with Crippen LogP contribution in [0.4, 0.5) is 0 Å². The van der Waals surface area contributed by atoms with Gasteiger partial charge in [0.05, 0.1) is 11.1 Å². The molecule has 0 radical (unpaired) electrons. The molecule has 4 nitrogen and oxygen atoms in total. The minimum absolute atomic E-state index is 0.0982. The molecule has 0 aliphatic carbocycles. The first-order chi connectivity index (χ1) is 9.96. The predicted molar refractivity (Wildman–Crippen MR) is 88.9 cm³/mol. The number of rotatable bonds is 6. The molecule has 2 atom stereocenters. The average molecular weight is 311 g/mol. The lowest BCUT2D eigenvalue weighted by Gasteiger charge is -2.25. The van der Waals surface area contributed by atoms with E-state index in [1.54, 1.807) is 0 Å². The van der Waals surface area contributed by atoms with Crippen LogP contribution in [0.5, 0.6) is 0 Å². The molecule has 118 valence electrons. The van der Waals surface area contributed by atoms with E-state index in [0.29, 0.717) is 12.0 Å². The van der Waals surface area contributed by atoms with Crippen molar-refractivity contribution in [3.63, 3.8) is 0 Å². The molecular formula is C16H27ClN4. The molecular weight excluding hydrogens is 284 g/mol. The van der Waals surface area contributed by atoms with E-state index in [2.05, 4.69) is 37.4 Å². The quantitative estimate of drug-likeness (QED) is 0.729. The van der Waals surface area contributed by atoms with Crippen molar-refractivity contribution in [3.05, 3.63) is 11.5 Å². The van der Waals surface area contributed by atoms with Gasteiger partial charge >= 0.3 is 0 Å². The molecule has 5 heteroatoms. The number of aryl methyl sites for hydroxylation is 2. The third-order valence-electron chi connectivity index (χ3n) is 4.59. The van der Waals surface area contributed by atoms with Crippen LogP contribution < -0.4 is 0 Å². The summed E-state index contributed by atoms with van der Waals surface area (Å²) in [5.74, 6) is 1.59. The van der Waals surface area contributed by atoms with Crippen molar-refractivity contribution in [2.75, 3.05) is 0 Å². The number of halogens is 1. The van der Waals surface area contributed by atoms with E-state index >= 15 is 0 Å². The summed E-state index contributed by atoms with van der Waals surface area (Å²) in [5.41, 5.74) is 3.18. The molecule has 0 saturated heterocycles. The Hall–Kier alpha value is -1.03. The number of hydrogen-bond acceptors (Lipinski definition) is 2. The smallest absolute Gasteiger partial charge is 0.158 e. The molecule has 2 rings (SSSR count). The maximum absolute atomic E-state index is 6.41. The standard InChI is InChI=1S/C16H27ClN4/c1-7-12(8-2)11(5)21-15(10(4)17)18-14-13(9-3)19-20(6)16(14)21/h10-12H,7-9H2,1-6H3. The van der Waals surface area contributed by atoms with Crippen molar-refractivity contribution in [3.8, 4) is 0 Å². The average Bonchev–Trinajstić information content (AvgIpc) is 2.98. The van der Waals surface area contributed by atoms with Crippen LogP contribution >= 0.6 is 11.6 Å². The fraction of sp³-hybridized carbons (Fsp3) is 0.750. The van der Waals surface area contributed by atoms with Crippen molar-refractivity contribution in [1.82, 2.24) is 19.3 Å². The van der Waals surface area contributed by atoms with E-state index in [1.165, 1.54) is 0 Å². The van der Waals surface area contributed by atoms with E-state index in [0.717, 1.165) is 41.9 Å². The van der Waals surface area contributed by atoms with Crippen LogP contribution in [0.15, 0.2) is 0 Å². The molecule has 21 heavy (non-hydrogen) atoms. The summed E-state index contributed by atoms with van der Waals surface area (Å²) in [6.45, 7) is 10.9. The summed E-state index contributed by atoms with van der Waals surface area (Å²) in [5, 5.41) is 4.51. The van der Waals surface area contributed by atoms with Gasteiger partial charge in [0.2, 0.25) is 0 Å². The highest BCUT2D eigenvalue weighted by molar-refractivity contribution is 6.20. The molecule has 0 spiro atoms. The molecule has 0 saturated carbocycles. The van der Waals surface area contributed by atoms with Gasteiger partial charge in [-0.1, -0.05) is 33.6 Å². The molecule has 2 aromatic heterocycles. The van der Waals surface area contributed by atoms with Gasteiger partial charge in [-0.15, -0.1) is 11.6 Å². The second kappa shape index (κ2) is 6.39. The first kappa shape index (κ1) is 16.3. The van der Waals surface area contributed by atoms with Gasteiger partial charge in [-0.25, -0.2) is 4.98 Å². The zero-order chi connectivity index (χ0) is 15.7. The number of aromatic nitrogens is 4. The number of fused-ring (bicyclic) bond motifs is 1. The lowest BCUT2D eigenvalue weighted by atomic mass is 9.95. The first-order valence-electron chi connectivity index (χ1n) is 8.03. The van der Waals surface area contributed by atoms with E-state index in [4.69, 9.17) is 16.6 Å². The topological polar surface area (TPSA) is 35.6 Å². The second-order valence-electron chi connectivity index (χ2n) is 5.87. The molecule has 0 amide bonds. The Balaban J connectivity index is 2.69. The maximum Gasteiger partial charge on any atom is 0.158 e. The third-order valence-corrected chi connectivity index (χ3v) is 4.79. The van der Waals surface area contributed by atoms with Gasteiger partial charge in [-0.05, 0) is 26.2 Å². The summed E-state index contributed by atoms with van der Waals surface area (Å²) >= 11 is 6.41. The van der Waals surface area contributed by atoms with Crippen LogP contribution in [0.2, 0.25) is 0 Å². The van der Waals surface area contributed by atoms with Crippen LogP contribution in [0.25, 0.3) is 11.2 Å². The molecule has 0 aliphatic rings. The monoisotopic (exact) mass is 310 g/mol. The van der Waals surface area contributed by atoms with Gasteiger partial charge in [0.15, 0.2) is 5.65 Å². The van der Waals surface area contributed by atoms with Gasteiger partial charge in [0, 0.05) is 13.1 Å². The van der Waals surface area contributed by atoms with E-state index < -0.39 is 0 Å². The summed E-state index contributed by atoms with van der Waals surface area (Å²) in [6, 6.07) is 0.376. The summed E-state index contributed by atoms with van der Waals surface area (Å²) in [6.07, 6.45) is 3.21. The highest BCUT2D eigenvalue weighted by atomic mass is 35.5. The summed E-state index contributed by atoms with van der Waals surface area (Å²) in [4.78, 5) is 4.82.